The van der Waals surface area contributed by atoms with Crippen molar-refractivity contribution >= 4 is 33.0 Å². The van der Waals surface area contributed by atoms with Gasteiger partial charge in [0.1, 0.15) is 11.4 Å². The van der Waals surface area contributed by atoms with Gasteiger partial charge in [-0.15, -0.1) is 10.0 Å². The Morgan fingerprint density at radius 2 is 1.86 bits per heavy atom. The van der Waals surface area contributed by atoms with Crippen LogP contribution in [0.5, 0.6) is 0 Å². The summed E-state index contributed by atoms with van der Waals surface area (Å²) in [6.07, 6.45) is 7.09. The van der Waals surface area contributed by atoms with E-state index in [0.717, 1.165) is 30.4 Å². The van der Waals surface area contributed by atoms with Crippen molar-refractivity contribution in [1.82, 2.24) is 10.2 Å². The van der Waals surface area contributed by atoms with Crippen LogP contribution >= 0.6 is 10.0 Å². The van der Waals surface area contributed by atoms with E-state index in [0.29, 0.717) is 12.5 Å². The van der Waals surface area contributed by atoms with E-state index in [1.807, 2.05) is 65.1 Å². The summed E-state index contributed by atoms with van der Waals surface area (Å²) in [5, 5.41) is 14.8. The minimum Gasteiger partial charge on any atom is -0.404 e. The molecule has 0 aromatic heterocycles. The Labute approximate surface area is 210 Å². The SMILES string of the molecule is CC(C)C(C)C(=O)/C=C\N.CC1=C(c2ccc(C(C)NC(=O)C3CCCN3C=O)cc2)S1(C)C#N. The molecule has 8 heteroatoms. The summed E-state index contributed by atoms with van der Waals surface area (Å²) in [6.45, 7) is 10.6. The molecule has 3 rings (SSSR count). The fourth-order valence-corrected chi connectivity index (χ4v) is 6.23. The number of thiocyanates is 1. The molecule has 0 saturated carbocycles. The normalized spacial score (nSPS) is 24.6. The number of hydrogen-bond donors (Lipinski definition) is 2. The van der Waals surface area contributed by atoms with Crippen LogP contribution in [0.4, 0.5) is 0 Å². The third kappa shape index (κ3) is 6.55. The van der Waals surface area contributed by atoms with E-state index in [1.54, 1.807) is 4.90 Å². The number of nitriles is 1. The second kappa shape index (κ2) is 12.1. The molecule has 2 aliphatic heterocycles. The zero-order chi connectivity index (χ0) is 26.3. The van der Waals surface area contributed by atoms with Crippen molar-refractivity contribution in [1.29, 1.82) is 5.26 Å². The second-order valence-corrected chi connectivity index (χ2v) is 12.6. The third-order valence-corrected chi connectivity index (χ3v) is 9.90. The van der Waals surface area contributed by atoms with Crippen LogP contribution in [0.25, 0.3) is 4.91 Å². The largest absolute Gasteiger partial charge is 0.404 e. The number of nitrogens with two attached hydrogens (primary N) is 1. The van der Waals surface area contributed by atoms with E-state index in [9.17, 15) is 19.6 Å². The molecule has 2 amide bonds. The van der Waals surface area contributed by atoms with E-state index >= 15 is 0 Å². The molecule has 1 fully saturated rings. The number of amides is 2. The van der Waals surface area contributed by atoms with Gasteiger partial charge in [-0.1, -0.05) is 45.0 Å². The highest BCUT2D eigenvalue weighted by Gasteiger charge is 2.42. The highest BCUT2D eigenvalue weighted by atomic mass is 32.3. The summed E-state index contributed by atoms with van der Waals surface area (Å²) in [4.78, 5) is 38.4. The summed E-state index contributed by atoms with van der Waals surface area (Å²) < 4.78 is 0. The molecule has 0 radical (unpaired) electrons. The predicted molar refractivity (Wildman–Crippen MR) is 143 cm³/mol. The van der Waals surface area contributed by atoms with Crippen LogP contribution in [0.3, 0.4) is 0 Å². The van der Waals surface area contributed by atoms with Gasteiger partial charge in [-0.05, 0) is 67.2 Å². The number of rotatable bonds is 8. The number of nitrogens with zero attached hydrogens (tertiary/aromatic N) is 2. The zero-order valence-corrected chi connectivity index (χ0v) is 22.4. The summed E-state index contributed by atoms with van der Waals surface area (Å²) >= 11 is 0. The highest BCUT2D eigenvalue weighted by Crippen LogP contribution is 2.78. The van der Waals surface area contributed by atoms with Gasteiger partial charge in [-0.25, -0.2) is 0 Å². The molecule has 3 N–H and O–H groups in total. The second-order valence-electron chi connectivity index (χ2n) is 9.54. The van der Waals surface area contributed by atoms with Crippen LogP contribution < -0.4 is 11.1 Å². The highest BCUT2D eigenvalue weighted by molar-refractivity contribution is 8.53. The summed E-state index contributed by atoms with van der Waals surface area (Å²) in [5.74, 6) is 0.490. The Morgan fingerprint density at radius 3 is 2.34 bits per heavy atom. The Hall–Kier alpha value is -3.05. The summed E-state index contributed by atoms with van der Waals surface area (Å²) in [5.41, 5.74) is 7.18. The van der Waals surface area contributed by atoms with Crippen LogP contribution in [0.2, 0.25) is 0 Å². The first-order valence-electron chi connectivity index (χ1n) is 12.0. The van der Waals surface area contributed by atoms with Crippen LogP contribution in [0, 0.1) is 22.5 Å². The molecule has 190 valence electrons. The maximum Gasteiger partial charge on any atom is 0.243 e. The quantitative estimate of drug-likeness (QED) is 0.313. The molecular weight excluding hydrogens is 460 g/mol. The minimum atomic E-state index is -1.33. The molecule has 0 bridgehead atoms. The van der Waals surface area contributed by atoms with Crippen molar-refractivity contribution in [3.8, 4) is 5.40 Å². The number of carbonyl (C=O) groups excluding carboxylic acids is 3. The third-order valence-electron chi connectivity index (χ3n) is 6.95. The average molecular weight is 499 g/mol. The number of nitrogens with one attached hydrogen (secondary N) is 1. The van der Waals surface area contributed by atoms with Gasteiger partial charge in [0.25, 0.3) is 0 Å². The van der Waals surface area contributed by atoms with Gasteiger partial charge >= 0.3 is 0 Å². The van der Waals surface area contributed by atoms with E-state index in [2.05, 4.69) is 10.7 Å². The van der Waals surface area contributed by atoms with E-state index in [-0.39, 0.29) is 29.7 Å². The van der Waals surface area contributed by atoms with Gasteiger partial charge in [0.05, 0.1) is 6.04 Å². The topological polar surface area (TPSA) is 116 Å². The number of hydrogen-bond acceptors (Lipinski definition) is 5. The van der Waals surface area contributed by atoms with Crippen molar-refractivity contribution in [3.05, 3.63) is 52.6 Å². The first-order valence-corrected chi connectivity index (χ1v) is 14.0. The average Bonchev–Trinajstić information content (AvgIpc) is 3.16. The van der Waals surface area contributed by atoms with Crippen LogP contribution in [-0.4, -0.2) is 41.8 Å². The molecular formula is C27H38N4O3S. The summed E-state index contributed by atoms with van der Waals surface area (Å²) in [6, 6.07) is 7.59. The Balaban J connectivity index is 0.000000367. The smallest absolute Gasteiger partial charge is 0.243 e. The Morgan fingerprint density at radius 1 is 1.23 bits per heavy atom. The monoisotopic (exact) mass is 498 g/mol. The molecule has 35 heavy (non-hydrogen) atoms. The summed E-state index contributed by atoms with van der Waals surface area (Å²) in [7, 11) is -1.33. The first kappa shape index (κ1) is 28.2. The molecule has 7 nitrogen and oxygen atoms in total. The van der Waals surface area contributed by atoms with Gasteiger partial charge in [0.2, 0.25) is 12.3 Å². The van der Waals surface area contributed by atoms with Crippen LogP contribution in [-0.2, 0) is 14.4 Å². The van der Waals surface area contributed by atoms with Gasteiger partial charge in [-0.3, -0.25) is 14.4 Å². The molecule has 0 aliphatic carbocycles. The minimum absolute atomic E-state index is 0.0831. The van der Waals surface area contributed by atoms with Crippen LogP contribution in [0.1, 0.15) is 64.6 Å². The van der Waals surface area contributed by atoms with Crippen molar-refractivity contribution in [2.75, 3.05) is 12.8 Å². The van der Waals surface area contributed by atoms with Gasteiger partial charge in [-0.2, -0.15) is 5.26 Å². The maximum absolute atomic E-state index is 12.4. The molecule has 4 unspecified atom stereocenters. The number of carbonyl (C=O) groups is 3. The van der Waals surface area contributed by atoms with Gasteiger partial charge < -0.3 is 16.0 Å². The zero-order valence-electron chi connectivity index (χ0n) is 21.6. The van der Waals surface area contributed by atoms with Crippen molar-refractivity contribution in [2.24, 2.45) is 17.6 Å². The van der Waals surface area contributed by atoms with Gasteiger partial charge in [0.15, 0.2) is 5.78 Å². The first-order chi connectivity index (χ1) is 16.5. The number of allylic oxidation sites excluding steroid dienone is 2. The lowest BCUT2D eigenvalue weighted by Crippen LogP contribution is -2.43. The van der Waals surface area contributed by atoms with E-state index < -0.39 is 10.0 Å². The standard InChI is InChI=1S/C19H23N3O2S.C8H15NO/c1-13(21-19(24)17-5-4-10-22(17)12-23)15-6-8-16(9-7-15)18-14(2)25(18,3)11-20;1-6(2)7(3)8(10)4-5-9/h6-9,12-13,17H,4-5,10H2,1-3H3,(H,21,24);4-7H,9H2,1-3H3/b;5-4-. The van der Waals surface area contributed by atoms with Crippen molar-refractivity contribution in [2.45, 2.75) is 59.5 Å². The predicted octanol–water partition coefficient (Wildman–Crippen LogP) is 4.42. The molecule has 2 aliphatic rings. The van der Waals surface area contributed by atoms with E-state index in [4.69, 9.17) is 5.73 Å². The van der Waals surface area contributed by atoms with Crippen molar-refractivity contribution in [3.63, 3.8) is 0 Å². The molecule has 2 heterocycles. The number of likely N-dealkylation sites (tertiary alicyclic amines) is 1. The maximum atomic E-state index is 12.4. The lowest BCUT2D eigenvalue weighted by Gasteiger charge is -2.22. The molecule has 0 spiro atoms. The lowest BCUT2D eigenvalue weighted by atomic mass is 9.94. The molecule has 1 saturated heterocycles. The fraction of sp³-hybridized carbons (Fsp3) is 0.481. The van der Waals surface area contributed by atoms with Gasteiger partial charge in [0, 0.05) is 17.4 Å². The lowest BCUT2D eigenvalue weighted by molar-refractivity contribution is -0.131. The van der Waals surface area contributed by atoms with Crippen molar-refractivity contribution < 1.29 is 14.4 Å². The molecule has 1 aromatic carbocycles. The number of ketones is 1. The molecule has 4 atom stereocenters. The fourth-order valence-electron chi connectivity index (χ4n) is 4.06. The van der Waals surface area contributed by atoms with Crippen LogP contribution in [0.15, 0.2) is 41.4 Å². The Bertz CT molecular complexity index is 1040. The van der Waals surface area contributed by atoms with E-state index in [1.165, 1.54) is 22.1 Å². The molecule has 1 aromatic rings. The Kier molecular flexibility index (Phi) is 9.73. The number of benzene rings is 1.